The minimum Gasteiger partial charge on any atom is -0.508 e. The van der Waals surface area contributed by atoms with Crippen molar-refractivity contribution in [2.75, 3.05) is 44.4 Å². The molecule has 0 unspecified atom stereocenters. The van der Waals surface area contributed by atoms with Crippen LogP contribution in [0.3, 0.4) is 0 Å². The van der Waals surface area contributed by atoms with Crippen LogP contribution in [0.1, 0.15) is 16.1 Å². The van der Waals surface area contributed by atoms with Gasteiger partial charge in [0, 0.05) is 38.3 Å². The Morgan fingerprint density at radius 2 is 1.77 bits per heavy atom. The van der Waals surface area contributed by atoms with Crippen molar-refractivity contribution in [3.05, 3.63) is 65.9 Å². The van der Waals surface area contributed by atoms with Crippen LogP contribution in [0.2, 0.25) is 0 Å². The zero-order chi connectivity index (χ0) is 25.0. The number of amides is 1. The molecule has 1 amide bonds. The summed E-state index contributed by atoms with van der Waals surface area (Å²) in [6, 6.07) is 16.3. The Balaban J connectivity index is 1.36. The van der Waals surface area contributed by atoms with Gasteiger partial charge in [-0.05, 0) is 41.5 Å². The minimum absolute atomic E-state index is 0.0564. The largest absolute Gasteiger partial charge is 0.508 e. The summed E-state index contributed by atoms with van der Waals surface area (Å²) < 4.78 is 29.9. The van der Waals surface area contributed by atoms with Gasteiger partial charge in [-0.1, -0.05) is 24.3 Å². The maximum absolute atomic E-state index is 11.9. The van der Waals surface area contributed by atoms with Gasteiger partial charge in [0.2, 0.25) is 10.0 Å². The number of piperazine rings is 1. The summed E-state index contributed by atoms with van der Waals surface area (Å²) in [6.07, 6.45) is 0.908. The van der Waals surface area contributed by atoms with Gasteiger partial charge in [-0.3, -0.25) is 9.69 Å². The average molecular weight is 498 g/mol. The highest BCUT2D eigenvalue weighted by atomic mass is 32.2. The number of carbonyl (C=O) groups is 1. The average Bonchev–Trinajstić information content (AvgIpc) is 2.84. The van der Waals surface area contributed by atoms with Crippen molar-refractivity contribution in [1.29, 1.82) is 0 Å². The van der Waals surface area contributed by atoms with Gasteiger partial charge in [0.25, 0.3) is 5.91 Å². The lowest BCUT2D eigenvalue weighted by Gasteiger charge is -2.35. The van der Waals surface area contributed by atoms with Crippen molar-refractivity contribution >= 4 is 21.7 Å². The van der Waals surface area contributed by atoms with E-state index in [0.29, 0.717) is 5.82 Å². The Labute approximate surface area is 204 Å². The molecule has 0 radical (unpaired) electrons. The second kappa shape index (κ2) is 10.3. The van der Waals surface area contributed by atoms with E-state index in [1.54, 1.807) is 25.3 Å². The lowest BCUT2D eigenvalue weighted by atomic mass is 10.0. The van der Waals surface area contributed by atoms with Crippen LogP contribution in [-0.2, 0) is 16.6 Å². The summed E-state index contributed by atoms with van der Waals surface area (Å²) >= 11 is 0. The molecule has 0 aliphatic carbocycles. The standard InChI is InChI=1S/C24H27N5O5S/c1-34-22-15-18(17-4-3-5-20(30)14-17)6-7-19(22)16-28-10-12-29(13-11-28)23-9-8-21(25-26-23)24(31)27-35(2,32)33/h3-9,14-15,30H,10-13,16H2,1-2H3,(H,27,31). The quantitative estimate of drug-likeness (QED) is 0.503. The zero-order valence-electron chi connectivity index (χ0n) is 19.5. The molecule has 0 bridgehead atoms. The third-order valence-corrected chi connectivity index (χ3v) is 6.27. The lowest BCUT2D eigenvalue weighted by molar-refractivity contribution is 0.0976. The molecule has 1 aliphatic rings. The fourth-order valence-corrected chi connectivity index (χ4v) is 4.39. The van der Waals surface area contributed by atoms with Crippen LogP contribution in [0.25, 0.3) is 11.1 Å². The number of nitrogens with one attached hydrogen (secondary N) is 1. The molecular weight excluding hydrogens is 470 g/mol. The van der Waals surface area contributed by atoms with Crippen LogP contribution in [0.5, 0.6) is 11.5 Å². The fourth-order valence-electron chi connectivity index (χ4n) is 3.95. The number of phenolic OH excluding ortho intramolecular Hbond substituents is 1. The summed E-state index contributed by atoms with van der Waals surface area (Å²) in [5.74, 6) is 0.844. The number of methoxy groups -OCH3 is 1. The Kier molecular flexibility index (Phi) is 7.17. The van der Waals surface area contributed by atoms with E-state index in [0.717, 1.165) is 61.4 Å². The lowest BCUT2D eigenvalue weighted by Crippen LogP contribution is -2.46. The van der Waals surface area contributed by atoms with Gasteiger partial charge < -0.3 is 14.7 Å². The molecule has 1 saturated heterocycles. The Morgan fingerprint density at radius 3 is 2.40 bits per heavy atom. The summed E-state index contributed by atoms with van der Waals surface area (Å²) in [5, 5.41) is 17.7. The molecule has 2 heterocycles. The number of hydrogen-bond acceptors (Lipinski definition) is 9. The molecule has 4 rings (SSSR count). The van der Waals surface area contributed by atoms with Gasteiger partial charge in [0.15, 0.2) is 11.5 Å². The van der Waals surface area contributed by atoms with E-state index in [4.69, 9.17) is 4.74 Å². The van der Waals surface area contributed by atoms with Gasteiger partial charge >= 0.3 is 0 Å². The number of ether oxygens (including phenoxy) is 1. The van der Waals surface area contributed by atoms with E-state index >= 15 is 0 Å². The van der Waals surface area contributed by atoms with Crippen LogP contribution >= 0.6 is 0 Å². The Hall–Kier alpha value is -3.70. The van der Waals surface area contributed by atoms with E-state index < -0.39 is 15.9 Å². The molecule has 1 aliphatic heterocycles. The fraction of sp³-hybridized carbons (Fsp3) is 0.292. The first-order chi connectivity index (χ1) is 16.7. The van der Waals surface area contributed by atoms with Crippen LogP contribution in [0.15, 0.2) is 54.6 Å². The van der Waals surface area contributed by atoms with Crippen LogP contribution < -0.4 is 14.4 Å². The molecule has 0 atom stereocenters. The third kappa shape index (κ3) is 6.25. The van der Waals surface area contributed by atoms with E-state index in [-0.39, 0.29) is 11.4 Å². The molecule has 11 heteroatoms. The van der Waals surface area contributed by atoms with Crippen molar-refractivity contribution in [2.45, 2.75) is 6.54 Å². The molecule has 0 spiro atoms. The molecule has 184 valence electrons. The number of sulfonamides is 1. The number of aromatic nitrogens is 2. The second-order valence-corrected chi connectivity index (χ2v) is 10.1. The van der Waals surface area contributed by atoms with Crippen LogP contribution in [0.4, 0.5) is 5.82 Å². The zero-order valence-corrected chi connectivity index (χ0v) is 20.3. The molecule has 10 nitrogen and oxygen atoms in total. The molecule has 0 saturated carbocycles. The van der Waals surface area contributed by atoms with Crippen molar-refractivity contribution < 1.29 is 23.1 Å². The summed E-state index contributed by atoms with van der Waals surface area (Å²) in [6.45, 7) is 3.79. The number of hydrogen-bond donors (Lipinski definition) is 2. The minimum atomic E-state index is -3.66. The molecule has 35 heavy (non-hydrogen) atoms. The molecule has 2 aromatic carbocycles. The predicted molar refractivity (Wildman–Crippen MR) is 132 cm³/mol. The highest BCUT2D eigenvalue weighted by molar-refractivity contribution is 7.89. The first kappa shape index (κ1) is 24.4. The Morgan fingerprint density at radius 1 is 1.03 bits per heavy atom. The van der Waals surface area contributed by atoms with Gasteiger partial charge in [0.05, 0.1) is 13.4 Å². The van der Waals surface area contributed by atoms with Crippen LogP contribution in [0, 0.1) is 0 Å². The summed E-state index contributed by atoms with van der Waals surface area (Å²) in [5.41, 5.74) is 2.91. The number of phenols is 1. The molecule has 2 N–H and O–H groups in total. The SMILES string of the molecule is COc1cc(-c2cccc(O)c2)ccc1CN1CCN(c2ccc(C(=O)NS(C)(=O)=O)nn2)CC1. The van der Waals surface area contributed by atoms with Gasteiger partial charge in [-0.25, -0.2) is 13.1 Å². The first-order valence-electron chi connectivity index (χ1n) is 11.0. The first-order valence-corrected chi connectivity index (χ1v) is 12.9. The topological polar surface area (TPSA) is 125 Å². The smallest absolute Gasteiger partial charge is 0.285 e. The number of anilines is 1. The van der Waals surface area contributed by atoms with E-state index in [1.165, 1.54) is 6.07 Å². The maximum atomic E-state index is 11.9. The van der Waals surface area contributed by atoms with Crippen molar-refractivity contribution in [2.24, 2.45) is 0 Å². The van der Waals surface area contributed by atoms with E-state index in [1.807, 2.05) is 29.0 Å². The monoisotopic (exact) mass is 497 g/mol. The van der Waals surface area contributed by atoms with Gasteiger partial charge in [-0.2, -0.15) is 0 Å². The van der Waals surface area contributed by atoms with E-state index in [9.17, 15) is 18.3 Å². The van der Waals surface area contributed by atoms with E-state index in [2.05, 4.69) is 26.1 Å². The molecule has 1 aromatic heterocycles. The maximum Gasteiger partial charge on any atom is 0.285 e. The van der Waals surface area contributed by atoms with Crippen molar-refractivity contribution in [3.8, 4) is 22.6 Å². The Bertz CT molecular complexity index is 1310. The predicted octanol–water partition coefficient (Wildman–Crippen LogP) is 1.87. The van der Waals surface area contributed by atoms with Crippen molar-refractivity contribution in [1.82, 2.24) is 19.8 Å². The number of carbonyl (C=O) groups excluding carboxylic acids is 1. The molecule has 1 fully saturated rings. The second-order valence-electron chi connectivity index (χ2n) is 8.32. The normalized spacial score (nSPS) is 14.5. The molecule has 3 aromatic rings. The third-order valence-electron chi connectivity index (χ3n) is 5.72. The summed E-state index contributed by atoms with van der Waals surface area (Å²) in [4.78, 5) is 16.3. The van der Waals surface area contributed by atoms with Crippen LogP contribution in [-0.4, -0.2) is 74.1 Å². The number of nitrogens with zero attached hydrogens (tertiary/aromatic N) is 4. The number of aromatic hydroxyl groups is 1. The van der Waals surface area contributed by atoms with Gasteiger partial charge in [-0.15, -0.1) is 10.2 Å². The number of rotatable bonds is 7. The highest BCUT2D eigenvalue weighted by Crippen LogP contribution is 2.30. The number of benzene rings is 2. The van der Waals surface area contributed by atoms with Crippen molar-refractivity contribution in [3.63, 3.8) is 0 Å². The van der Waals surface area contributed by atoms with Gasteiger partial charge in [0.1, 0.15) is 11.5 Å². The highest BCUT2D eigenvalue weighted by Gasteiger charge is 2.21. The molecular formula is C24H27N5O5S. The summed E-state index contributed by atoms with van der Waals surface area (Å²) in [7, 11) is -2.01.